The van der Waals surface area contributed by atoms with Gasteiger partial charge >= 0.3 is 0 Å². The van der Waals surface area contributed by atoms with Gasteiger partial charge in [0.2, 0.25) is 0 Å². The fraction of sp³-hybridized carbons (Fsp3) is 0.500. The highest BCUT2D eigenvalue weighted by Crippen LogP contribution is 2.16. The van der Waals surface area contributed by atoms with Crippen LogP contribution in [-0.2, 0) is 17.8 Å². The van der Waals surface area contributed by atoms with E-state index in [0.717, 1.165) is 18.5 Å². The van der Waals surface area contributed by atoms with Crippen molar-refractivity contribution >= 4 is 6.29 Å². The van der Waals surface area contributed by atoms with Gasteiger partial charge in [0.1, 0.15) is 6.29 Å². The minimum absolute atomic E-state index is 0.358. The van der Waals surface area contributed by atoms with Crippen LogP contribution in [-0.4, -0.2) is 23.2 Å². The molecular weight excluding hydrogens is 156 g/mol. The van der Waals surface area contributed by atoms with Crippen LogP contribution in [0.3, 0.4) is 0 Å². The summed E-state index contributed by atoms with van der Waals surface area (Å²) in [7, 11) is 1.57. The Hall–Kier alpha value is -1.32. The standard InChI is InChI=1S/C8H12N2O2/c1-3-10-7(4-5-11)8(12-2)6-9-10/h5-6H,3-4H2,1-2H3. The minimum Gasteiger partial charge on any atom is -0.493 e. The van der Waals surface area contributed by atoms with Crippen molar-refractivity contribution in [2.24, 2.45) is 0 Å². The number of nitrogens with zero attached hydrogens (tertiary/aromatic N) is 2. The van der Waals surface area contributed by atoms with E-state index in [2.05, 4.69) is 5.10 Å². The summed E-state index contributed by atoms with van der Waals surface area (Å²) in [6.45, 7) is 2.73. The van der Waals surface area contributed by atoms with Gasteiger partial charge in [-0.2, -0.15) is 5.10 Å². The second-order valence-corrected chi connectivity index (χ2v) is 2.35. The first-order valence-electron chi connectivity index (χ1n) is 3.85. The molecule has 0 radical (unpaired) electrons. The summed E-state index contributed by atoms with van der Waals surface area (Å²) >= 11 is 0. The van der Waals surface area contributed by atoms with Crippen LogP contribution in [0, 0.1) is 0 Å². The molecule has 0 unspecified atom stereocenters. The van der Waals surface area contributed by atoms with E-state index in [1.54, 1.807) is 18.0 Å². The van der Waals surface area contributed by atoms with Crippen molar-refractivity contribution in [3.05, 3.63) is 11.9 Å². The highest BCUT2D eigenvalue weighted by molar-refractivity contribution is 5.55. The van der Waals surface area contributed by atoms with Crippen molar-refractivity contribution in [1.29, 1.82) is 0 Å². The van der Waals surface area contributed by atoms with Gasteiger partial charge < -0.3 is 9.53 Å². The third kappa shape index (κ3) is 1.47. The minimum atomic E-state index is 0.358. The lowest BCUT2D eigenvalue weighted by Gasteiger charge is -2.02. The van der Waals surface area contributed by atoms with Crippen molar-refractivity contribution in [3.8, 4) is 5.75 Å². The van der Waals surface area contributed by atoms with Crippen molar-refractivity contribution in [3.63, 3.8) is 0 Å². The number of carbonyl (C=O) groups is 1. The van der Waals surface area contributed by atoms with Gasteiger partial charge in [-0.1, -0.05) is 0 Å². The number of hydrogen-bond acceptors (Lipinski definition) is 3. The maximum Gasteiger partial charge on any atom is 0.160 e. The molecular formula is C8H12N2O2. The summed E-state index contributed by atoms with van der Waals surface area (Å²) in [6, 6.07) is 0. The van der Waals surface area contributed by atoms with Crippen LogP contribution in [0.25, 0.3) is 0 Å². The van der Waals surface area contributed by atoms with Gasteiger partial charge in [0.25, 0.3) is 0 Å². The SMILES string of the molecule is CCn1ncc(OC)c1CC=O. The first kappa shape index (κ1) is 8.77. The Kier molecular flexibility index (Phi) is 2.85. The maximum atomic E-state index is 10.3. The molecule has 0 fully saturated rings. The van der Waals surface area contributed by atoms with Crippen LogP contribution in [0.15, 0.2) is 6.20 Å². The lowest BCUT2D eigenvalue weighted by molar-refractivity contribution is -0.107. The smallest absolute Gasteiger partial charge is 0.160 e. The first-order chi connectivity index (χ1) is 5.83. The largest absolute Gasteiger partial charge is 0.493 e. The van der Waals surface area contributed by atoms with E-state index in [-0.39, 0.29) is 0 Å². The zero-order valence-corrected chi connectivity index (χ0v) is 7.28. The van der Waals surface area contributed by atoms with Gasteiger partial charge in [0, 0.05) is 13.0 Å². The molecule has 1 heterocycles. The molecule has 0 aliphatic carbocycles. The second-order valence-electron chi connectivity index (χ2n) is 2.35. The molecule has 0 atom stereocenters. The van der Waals surface area contributed by atoms with Crippen LogP contribution in [0.1, 0.15) is 12.6 Å². The molecule has 0 aliphatic rings. The molecule has 0 N–H and O–H groups in total. The molecule has 1 aromatic rings. The zero-order chi connectivity index (χ0) is 8.97. The summed E-state index contributed by atoms with van der Waals surface area (Å²) < 4.78 is 6.80. The van der Waals surface area contributed by atoms with E-state index in [4.69, 9.17) is 4.74 Å². The molecule has 1 aromatic heterocycles. The molecule has 12 heavy (non-hydrogen) atoms. The number of aromatic nitrogens is 2. The monoisotopic (exact) mass is 168 g/mol. The van der Waals surface area contributed by atoms with Crippen LogP contribution < -0.4 is 4.74 Å². The summed E-state index contributed by atoms with van der Waals surface area (Å²) in [5.74, 6) is 0.684. The maximum absolute atomic E-state index is 10.3. The van der Waals surface area contributed by atoms with Crippen molar-refractivity contribution in [2.75, 3.05) is 7.11 Å². The van der Waals surface area contributed by atoms with E-state index in [0.29, 0.717) is 12.2 Å². The fourth-order valence-corrected chi connectivity index (χ4v) is 1.12. The second kappa shape index (κ2) is 3.90. The Morgan fingerprint density at radius 3 is 3.00 bits per heavy atom. The van der Waals surface area contributed by atoms with Gasteiger partial charge in [-0.3, -0.25) is 4.68 Å². The highest BCUT2D eigenvalue weighted by Gasteiger charge is 2.08. The lowest BCUT2D eigenvalue weighted by Crippen LogP contribution is -2.03. The number of carbonyl (C=O) groups excluding carboxylic acids is 1. The average molecular weight is 168 g/mol. The van der Waals surface area contributed by atoms with Gasteiger partial charge in [-0.15, -0.1) is 0 Å². The number of rotatable bonds is 4. The first-order valence-corrected chi connectivity index (χ1v) is 3.85. The third-order valence-corrected chi connectivity index (χ3v) is 1.71. The van der Waals surface area contributed by atoms with Crippen molar-refractivity contribution in [1.82, 2.24) is 9.78 Å². The molecule has 66 valence electrons. The third-order valence-electron chi connectivity index (χ3n) is 1.71. The van der Waals surface area contributed by atoms with Gasteiger partial charge in [-0.05, 0) is 6.92 Å². The number of hydrogen-bond donors (Lipinski definition) is 0. The van der Waals surface area contributed by atoms with E-state index < -0.39 is 0 Å². The molecule has 1 rings (SSSR count). The number of aldehydes is 1. The zero-order valence-electron chi connectivity index (χ0n) is 7.28. The van der Waals surface area contributed by atoms with Crippen LogP contribution >= 0.6 is 0 Å². The van der Waals surface area contributed by atoms with Crippen molar-refractivity contribution in [2.45, 2.75) is 19.9 Å². The molecule has 0 aromatic carbocycles. The summed E-state index contributed by atoms with van der Waals surface area (Å²) in [5.41, 5.74) is 0.843. The van der Waals surface area contributed by atoms with Crippen LogP contribution in [0.5, 0.6) is 5.75 Å². The van der Waals surface area contributed by atoms with E-state index >= 15 is 0 Å². The Morgan fingerprint density at radius 1 is 1.75 bits per heavy atom. The summed E-state index contributed by atoms with van der Waals surface area (Å²) in [6.07, 6.45) is 2.84. The van der Waals surface area contributed by atoms with Gasteiger partial charge in [0.15, 0.2) is 5.75 Å². The normalized spacial score (nSPS) is 9.83. The summed E-state index contributed by atoms with van der Waals surface area (Å²) in [4.78, 5) is 10.3. The molecule has 4 nitrogen and oxygen atoms in total. The predicted octanol–water partition coefficient (Wildman–Crippen LogP) is 0.653. The molecule has 0 saturated carbocycles. The van der Waals surface area contributed by atoms with Crippen molar-refractivity contribution < 1.29 is 9.53 Å². The van der Waals surface area contributed by atoms with Crippen LogP contribution in [0.2, 0.25) is 0 Å². The Balaban J connectivity index is 2.98. The molecule has 0 amide bonds. The number of aryl methyl sites for hydroxylation is 1. The lowest BCUT2D eigenvalue weighted by atomic mass is 10.3. The predicted molar refractivity (Wildman–Crippen MR) is 44.2 cm³/mol. The molecule has 4 heteroatoms. The Bertz CT molecular complexity index is 247. The van der Waals surface area contributed by atoms with E-state index in [9.17, 15) is 4.79 Å². The van der Waals surface area contributed by atoms with Gasteiger partial charge in [-0.25, -0.2) is 0 Å². The van der Waals surface area contributed by atoms with E-state index in [1.165, 1.54) is 0 Å². The number of ether oxygens (including phenoxy) is 1. The van der Waals surface area contributed by atoms with E-state index in [1.807, 2.05) is 6.92 Å². The summed E-state index contributed by atoms with van der Waals surface area (Å²) in [5, 5.41) is 4.06. The van der Waals surface area contributed by atoms with Gasteiger partial charge in [0.05, 0.1) is 19.0 Å². The number of methoxy groups -OCH3 is 1. The topological polar surface area (TPSA) is 44.1 Å². The molecule has 0 spiro atoms. The average Bonchev–Trinajstić information content (AvgIpc) is 2.48. The molecule has 0 bridgehead atoms. The molecule has 0 saturated heterocycles. The Labute approximate surface area is 71.1 Å². The highest BCUT2D eigenvalue weighted by atomic mass is 16.5. The van der Waals surface area contributed by atoms with Crippen LogP contribution in [0.4, 0.5) is 0 Å². The Morgan fingerprint density at radius 2 is 2.50 bits per heavy atom. The fourth-order valence-electron chi connectivity index (χ4n) is 1.12. The quantitative estimate of drug-likeness (QED) is 0.620. The molecule has 0 aliphatic heterocycles.